The normalized spacial score (nSPS) is 16.5. The Hall–Kier alpha value is -3.07. The summed E-state index contributed by atoms with van der Waals surface area (Å²) in [6.07, 6.45) is 0.751. The summed E-state index contributed by atoms with van der Waals surface area (Å²) in [6, 6.07) is 13.6. The molecule has 0 bridgehead atoms. The second kappa shape index (κ2) is 12.7. The van der Waals surface area contributed by atoms with Gasteiger partial charge in [-0.3, -0.25) is 0 Å². The van der Waals surface area contributed by atoms with Gasteiger partial charge in [0.05, 0.1) is 13.7 Å². The van der Waals surface area contributed by atoms with E-state index in [1.54, 1.807) is 7.11 Å². The number of nitrogens with one attached hydrogen (secondary N) is 1. The molecule has 1 heterocycles. The highest BCUT2D eigenvalue weighted by Crippen LogP contribution is 2.34. The van der Waals surface area contributed by atoms with Gasteiger partial charge in [0.1, 0.15) is 6.10 Å². The number of morpholine rings is 1. The lowest BCUT2D eigenvalue weighted by Crippen LogP contribution is -2.43. The fourth-order valence-corrected chi connectivity index (χ4v) is 3.17. The minimum absolute atomic E-state index is 0.0942. The molecule has 0 saturated carbocycles. The molecule has 0 amide bonds. The van der Waals surface area contributed by atoms with Gasteiger partial charge in [-0.05, 0) is 42.3 Å². The van der Waals surface area contributed by atoms with Crippen molar-refractivity contribution in [1.29, 1.82) is 0 Å². The monoisotopic (exact) mass is 463 g/mol. The number of carbonyl (C=O) groups is 2. The standard InChI is InChI=1S/C19H22ClNO3.C4H4O4/c1-13-6-7-16(17(10-13)22-2)24-19(18-12-21-8-9-23-18)14-4-3-5-15(20)11-14;5-3(6)1-2-4(7)8/h3-7,10-11,18-19,21H,8-9,12H2,1-2H3;1-2H,(H,5,6)(H,7,8)/t18-,19-;/m0./s1. The number of ether oxygens (including phenoxy) is 3. The number of aliphatic carboxylic acids is 2. The molecule has 1 aliphatic rings. The number of halogens is 1. The van der Waals surface area contributed by atoms with Gasteiger partial charge in [-0.15, -0.1) is 0 Å². The number of carboxylic acid groups (broad SMARTS) is 2. The van der Waals surface area contributed by atoms with Crippen LogP contribution >= 0.6 is 11.6 Å². The molecule has 2 aromatic carbocycles. The topological polar surface area (TPSA) is 114 Å². The zero-order valence-electron chi connectivity index (χ0n) is 17.8. The maximum Gasteiger partial charge on any atom is 0.328 e. The summed E-state index contributed by atoms with van der Waals surface area (Å²) in [5, 5.41) is 19.7. The Balaban J connectivity index is 0.000000390. The highest BCUT2D eigenvalue weighted by molar-refractivity contribution is 6.30. The molecule has 3 rings (SSSR count). The van der Waals surface area contributed by atoms with Gasteiger partial charge >= 0.3 is 11.9 Å². The lowest BCUT2D eigenvalue weighted by Gasteiger charge is -2.32. The van der Waals surface area contributed by atoms with Gasteiger partial charge in [-0.1, -0.05) is 29.8 Å². The minimum Gasteiger partial charge on any atom is -0.493 e. The van der Waals surface area contributed by atoms with E-state index in [9.17, 15) is 9.59 Å². The van der Waals surface area contributed by atoms with E-state index in [1.807, 2.05) is 49.4 Å². The third kappa shape index (κ3) is 8.22. The molecule has 32 heavy (non-hydrogen) atoms. The number of rotatable bonds is 7. The highest BCUT2D eigenvalue weighted by atomic mass is 35.5. The summed E-state index contributed by atoms with van der Waals surface area (Å²) in [6.45, 7) is 4.27. The smallest absolute Gasteiger partial charge is 0.328 e. The average Bonchev–Trinajstić information content (AvgIpc) is 2.77. The Labute approximate surface area is 191 Å². The van der Waals surface area contributed by atoms with Gasteiger partial charge in [-0.25, -0.2) is 9.59 Å². The Bertz CT molecular complexity index is 926. The van der Waals surface area contributed by atoms with Gasteiger partial charge in [0.2, 0.25) is 0 Å². The van der Waals surface area contributed by atoms with Crippen molar-refractivity contribution < 1.29 is 34.0 Å². The van der Waals surface area contributed by atoms with Crippen LogP contribution in [-0.4, -0.2) is 55.1 Å². The molecule has 2 atom stereocenters. The number of hydrogen-bond acceptors (Lipinski definition) is 6. The first-order valence-electron chi connectivity index (χ1n) is 9.83. The molecule has 8 nitrogen and oxygen atoms in total. The fraction of sp³-hybridized carbons (Fsp3) is 0.304. The molecule has 3 N–H and O–H groups in total. The van der Waals surface area contributed by atoms with Crippen molar-refractivity contribution >= 4 is 23.5 Å². The van der Waals surface area contributed by atoms with Crippen molar-refractivity contribution in [2.45, 2.75) is 19.1 Å². The van der Waals surface area contributed by atoms with E-state index in [0.29, 0.717) is 35.3 Å². The van der Waals surface area contributed by atoms with Gasteiger partial charge in [0.15, 0.2) is 17.6 Å². The second-order valence-electron chi connectivity index (χ2n) is 6.87. The summed E-state index contributed by atoms with van der Waals surface area (Å²) < 4.78 is 17.7. The van der Waals surface area contributed by atoms with Crippen LogP contribution in [0.4, 0.5) is 0 Å². The van der Waals surface area contributed by atoms with E-state index in [-0.39, 0.29) is 12.2 Å². The van der Waals surface area contributed by atoms with Crippen LogP contribution in [0.25, 0.3) is 0 Å². The predicted molar refractivity (Wildman–Crippen MR) is 120 cm³/mol. The first-order valence-corrected chi connectivity index (χ1v) is 10.2. The Morgan fingerprint density at radius 2 is 1.88 bits per heavy atom. The van der Waals surface area contributed by atoms with Crippen LogP contribution in [-0.2, 0) is 14.3 Å². The number of aryl methyl sites for hydroxylation is 1. The molecule has 0 aliphatic carbocycles. The molecule has 2 aromatic rings. The quantitative estimate of drug-likeness (QED) is 0.535. The van der Waals surface area contributed by atoms with Gasteiger partial charge in [-0.2, -0.15) is 0 Å². The molecule has 1 saturated heterocycles. The van der Waals surface area contributed by atoms with Gasteiger partial charge in [0, 0.05) is 30.3 Å². The van der Waals surface area contributed by atoms with E-state index in [2.05, 4.69) is 5.32 Å². The van der Waals surface area contributed by atoms with Crippen LogP contribution in [0.3, 0.4) is 0 Å². The summed E-state index contributed by atoms with van der Waals surface area (Å²) >= 11 is 6.17. The number of benzene rings is 2. The zero-order valence-corrected chi connectivity index (χ0v) is 18.5. The fourth-order valence-electron chi connectivity index (χ4n) is 2.97. The molecule has 1 aliphatic heterocycles. The van der Waals surface area contributed by atoms with Gasteiger partial charge < -0.3 is 29.7 Å². The number of carboxylic acids is 2. The van der Waals surface area contributed by atoms with Crippen LogP contribution in [0, 0.1) is 6.92 Å². The largest absolute Gasteiger partial charge is 0.493 e. The SMILES string of the molecule is COc1cc(C)ccc1O[C@@H](c1cccc(Cl)c1)[C@@H]1CNCCO1.O=C(O)C=CC(=O)O. The molecule has 0 radical (unpaired) electrons. The summed E-state index contributed by atoms with van der Waals surface area (Å²) in [4.78, 5) is 19.1. The Morgan fingerprint density at radius 3 is 2.44 bits per heavy atom. The van der Waals surface area contributed by atoms with Crippen LogP contribution in [0.5, 0.6) is 11.5 Å². The van der Waals surface area contributed by atoms with E-state index in [4.69, 9.17) is 36.0 Å². The average molecular weight is 464 g/mol. The summed E-state index contributed by atoms with van der Waals surface area (Å²) in [5.74, 6) is -1.10. The summed E-state index contributed by atoms with van der Waals surface area (Å²) in [7, 11) is 1.65. The van der Waals surface area contributed by atoms with Crippen molar-refractivity contribution in [3.05, 3.63) is 70.8 Å². The lowest BCUT2D eigenvalue weighted by atomic mass is 10.0. The molecule has 172 valence electrons. The maximum atomic E-state index is 9.55. The van der Waals surface area contributed by atoms with Gasteiger partial charge in [0.25, 0.3) is 0 Å². The Morgan fingerprint density at radius 1 is 1.16 bits per heavy atom. The van der Waals surface area contributed by atoms with Crippen molar-refractivity contribution in [1.82, 2.24) is 5.32 Å². The van der Waals surface area contributed by atoms with Crippen molar-refractivity contribution in [2.24, 2.45) is 0 Å². The first kappa shape index (κ1) is 25.2. The minimum atomic E-state index is -1.26. The summed E-state index contributed by atoms with van der Waals surface area (Å²) in [5.41, 5.74) is 2.10. The van der Waals surface area contributed by atoms with E-state index in [0.717, 1.165) is 24.2 Å². The molecular formula is C23H26ClNO7. The molecular weight excluding hydrogens is 438 g/mol. The van der Waals surface area contributed by atoms with Crippen LogP contribution in [0.1, 0.15) is 17.2 Å². The van der Waals surface area contributed by atoms with Crippen LogP contribution < -0.4 is 14.8 Å². The number of hydrogen-bond donors (Lipinski definition) is 3. The van der Waals surface area contributed by atoms with Crippen molar-refractivity contribution in [3.63, 3.8) is 0 Å². The molecule has 1 fully saturated rings. The van der Waals surface area contributed by atoms with E-state index < -0.39 is 11.9 Å². The number of methoxy groups -OCH3 is 1. The zero-order chi connectivity index (χ0) is 23.5. The predicted octanol–water partition coefficient (Wildman–Crippen LogP) is 3.48. The molecule has 0 spiro atoms. The third-order valence-electron chi connectivity index (χ3n) is 4.41. The van der Waals surface area contributed by atoms with Crippen LogP contribution in [0.15, 0.2) is 54.6 Å². The third-order valence-corrected chi connectivity index (χ3v) is 4.65. The highest BCUT2D eigenvalue weighted by Gasteiger charge is 2.29. The Kier molecular flexibility index (Phi) is 10.0. The first-order chi connectivity index (χ1) is 15.3. The van der Waals surface area contributed by atoms with Crippen molar-refractivity contribution in [2.75, 3.05) is 26.8 Å². The van der Waals surface area contributed by atoms with Crippen molar-refractivity contribution in [3.8, 4) is 11.5 Å². The molecule has 0 unspecified atom stereocenters. The maximum absolute atomic E-state index is 9.55. The van der Waals surface area contributed by atoms with E-state index >= 15 is 0 Å². The van der Waals surface area contributed by atoms with E-state index in [1.165, 1.54) is 0 Å². The lowest BCUT2D eigenvalue weighted by molar-refractivity contribution is -0.134. The molecule has 9 heteroatoms. The second-order valence-corrected chi connectivity index (χ2v) is 7.31. The molecule has 0 aromatic heterocycles. The van der Waals surface area contributed by atoms with Crippen LogP contribution in [0.2, 0.25) is 5.02 Å².